The van der Waals surface area contributed by atoms with Gasteiger partial charge >= 0.3 is 5.97 Å². The van der Waals surface area contributed by atoms with Gasteiger partial charge in [-0.05, 0) is 38.1 Å². The molecule has 104 valence electrons. The van der Waals surface area contributed by atoms with Crippen LogP contribution in [-0.2, 0) is 9.53 Å². The normalized spacial score (nSPS) is 15.4. The third-order valence-corrected chi connectivity index (χ3v) is 3.05. The van der Waals surface area contributed by atoms with Crippen LogP contribution in [0.15, 0.2) is 24.3 Å². The lowest BCUT2D eigenvalue weighted by molar-refractivity contribution is -0.146. The molecule has 0 N–H and O–H groups in total. The molecule has 0 saturated carbocycles. The van der Waals surface area contributed by atoms with E-state index in [4.69, 9.17) is 9.47 Å². The number of benzene rings is 1. The van der Waals surface area contributed by atoms with Crippen LogP contribution < -0.4 is 4.74 Å². The van der Waals surface area contributed by atoms with Gasteiger partial charge < -0.3 is 9.47 Å². The minimum absolute atomic E-state index is 0.0685. The van der Waals surface area contributed by atoms with Crippen molar-refractivity contribution in [1.82, 2.24) is 4.90 Å². The fourth-order valence-electron chi connectivity index (χ4n) is 2.03. The van der Waals surface area contributed by atoms with E-state index in [0.29, 0.717) is 6.61 Å². The van der Waals surface area contributed by atoms with Crippen molar-refractivity contribution >= 4 is 5.97 Å². The second kappa shape index (κ2) is 7.09. The van der Waals surface area contributed by atoms with Gasteiger partial charge in [0, 0.05) is 6.54 Å². The molecule has 0 aliphatic carbocycles. The zero-order chi connectivity index (χ0) is 13.5. The van der Waals surface area contributed by atoms with Gasteiger partial charge in [0.05, 0.1) is 0 Å². The Hall–Kier alpha value is -1.62. The lowest BCUT2D eigenvalue weighted by atomic mass is 10.3. The predicted octanol–water partition coefficient (Wildman–Crippen LogP) is 1.84. The van der Waals surface area contributed by atoms with Crippen molar-refractivity contribution in [3.63, 3.8) is 0 Å². The molecule has 0 radical (unpaired) electrons. The van der Waals surface area contributed by atoms with Gasteiger partial charge in [0.1, 0.15) is 6.61 Å². The number of likely N-dealkylation sites (tertiary alicyclic amines) is 1. The molecule has 0 bridgehead atoms. The highest BCUT2D eigenvalue weighted by Gasteiger charge is 2.12. The Morgan fingerprint density at radius 1 is 1.26 bits per heavy atom. The highest BCUT2D eigenvalue weighted by atomic mass is 19.1. The Morgan fingerprint density at radius 2 is 2.00 bits per heavy atom. The van der Waals surface area contributed by atoms with E-state index in [9.17, 15) is 9.18 Å². The van der Waals surface area contributed by atoms with E-state index in [1.54, 1.807) is 12.1 Å². The van der Waals surface area contributed by atoms with Gasteiger partial charge in [0.25, 0.3) is 0 Å². The highest BCUT2D eigenvalue weighted by Crippen LogP contribution is 2.15. The van der Waals surface area contributed by atoms with Crippen molar-refractivity contribution in [3.8, 4) is 5.75 Å². The average Bonchev–Trinajstić information content (AvgIpc) is 2.91. The van der Waals surface area contributed by atoms with Crippen LogP contribution in [0, 0.1) is 5.82 Å². The van der Waals surface area contributed by atoms with Crippen LogP contribution >= 0.6 is 0 Å². The summed E-state index contributed by atoms with van der Waals surface area (Å²) in [6.45, 7) is 3.00. The van der Waals surface area contributed by atoms with Crippen LogP contribution in [-0.4, -0.2) is 43.7 Å². The molecule has 19 heavy (non-hydrogen) atoms. The summed E-state index contributed by atoms with van der Waals surface area (Å²) in [5, 5.41) is 0. The smallest absolute Gasteiger partial charge is 0.344 e. The molecule has 0 atom stereocenters. The van der Waals surface area contributed by atoms with Crippen molar-refractivity contribution in [3.05, 3.63) is 30.1 Å². The molecular formula is C14H18FNO3. The van der Waals surface area contributed by atoms with Crippen LogP contribution in [0.2, 0.25) is 0 Å². The van der Waals surface area contributed by atoms with Crippen LogP contribution in [0.3, 0.4) is 0 Å². The van der Waals surface area contributed by atoms with Gasteiger partial charge in [-0.25, -0.2) is 9.18 Å². The Kier molecular flexibility index (Phi) is 5.15. The quantitative estimate of drug-likeness (QED) is 0.737. The summed E-state index contributed by atoms with van der Waals surface area (Å²) in [7, 11) is 0. The van der Waals surface area contributed by atoms with E-state index in [0.717, 1.165) is 19.6 Å². The first-order chi connectivity index (χ1) is 9.25. The predicted molar refractivity (Wildman–Crippen MR) is 68.5 cm³/mol. The minimum Gasteiger partial charge on any atom is -0.479 e. The van der Waals surface area contributed by atoms with E-state index < -0.39 is 11.8 Å². The van der Waals surface area contributed by atoms with Crippen molar-refractivity contribution in [1.29, 1.82) is 0 Å². The highest BCUT2D eigenvalue weighted by molar-refractivity contribution is 5.71. The van der Waals surface area contributed by atoms with Crippen LogP contribution in [0.1, 0.15) is 12.8 Å². The fourth-order valence-corrected chi connectivity index (χ4v) is 2.03. The first-order valence-corrected chi connectivity index (χ1v) is 6.51. The van der Waals surface area contributed by atoms with Gasteiger partial charge in [-0.15, -0.1) is 0 Å². The monoisotopic (exact) mass is 267 g/mol. The van der Waals surface area contributed by atoms with Crippen molar-refractivity contribution in [2.75, 3.05) is 32.8 Å². The Bertz CT molecular complexity index is 419. The second-order valence-corrected chi connectivity index (χ2v) is 4.49. The van der Waals surface area contributed by atoms with Crippen LogP contribution in [0.5, 0.6) is 5.75 Å². The number of hydrogen-bond acceptors (Lipinski definition) is 4. The van der Waals surface area contributed by atoms with Crippen molar-refractivity contribution in [2.24, 2.45) is 0 Å². The van der Waals surface area contributed by atoms with Crippen LogP contribution in [0.4, 0.5) is 4.39 Å². The second-order valence-electron chi connectivity index (χ2n) is 4.49. The molecule has 0 spiro atoms. The molecule has 1 aliphatic rings. The maximum absolute atomic E-state index is 13.2. The molecule has 1 aromatic rings. The molecule has 0 amide bonds. The van der Waals surface area contributed by atoms with Gasteiger partial charge in [-0.3, -0.25) is 4.90 Å². The van der Waals surface area contributed by atoms with E-state index >= 15 is 0 Å². The molecule has 1 heterocycles. The largest absolute Gasteiger partial charge is 0.479 e. The third-order valence-electron chi connectivity index (χ3n) is 3.05. The SMILES string of the molecule is O=C(COc1ccccc1F)OCCN1CCCC1. The summed E-state index contributed by atoms with van der Waals surface area (Å²) in [6, 6.07) is 5.98. The summed E-state index contributed by atoms with van der Waals surface area (Å²) in [5.74, 6) is -0.881. The summed E-state index contributed by atoms with van der Waals surface area (Å²) >= 11 is 0. The molecule has 0 aromatic heterocycles. The number of rotatable bonds is 6. The van der Waals surface area contributed by atoms with Crippen molar-refractivity contribution < 1.29 is 18.7 Å². The van der Waals surface area contributed by atoms with Crippen molar-refractivity contribution in [2.45, 2.75) is 12.8 Å². The molecule has 1 saturated heterocycles. The summed E-state index contributed by atoms with van der Waals surface area (Å²) in [4.78, 5) is 13.7. The maximum atomic E-state index is 13.2. The number of para-hydroxylation sites is 1. The number of nitrogens with zero attached hydrogens (tertiary/aromatic N) is 1. The van der Waals surface area contributed by atoms with E-state index in [1.807, 2.05) is 0 Å². The minimum atomic E-state index is -0.479. The maximum Gasteiger partial charge on any atom is 0.344 e. The number of carbonyl (C=O) groups is 1. The standard InChI is InChI=1S/C14H18FNO3/c15-12-5-1-2-6-13(12)19-11-14(17)18-10-9-16-7-3-4-8-16/h1-2,5-6H,3-4,7-11H2. The first-order valence-electron chi connectivity index (χ1n) is 6.51. The first kappa shape index (κ1) is 13.8. The Labute approximate surface area is 112 Å². The number of halogens is 1. The molecule has 2 rings (SSSR count). The average molecular weight is 267 g/mol. The van der Waals surface area contributed by atoms with Gasteiger partial charge in [0.2, 0.25) is 0 Å². The van der Waals surface area contributed by atoms with Gasteiger partial charge in [-0.1, -0.05) is 12.1 Å². The fraction of sp³-hybridized carbons (Fsp3) is 0.500. The molecule has 0 unspecified atom stereocenters. The van der Waals surface area contributed by atoms with E-state index in [1.165, 1.54) is 25.0 Å². The molecule has 1 aromatic carbocycles. The zero-order valence-corrected chi connectivity index (χ0v) is 10.8. The van der Waals surface area contributed by atoms with E-state index in [2.05, 4.69) is 4.90 Å². The molecular weight excluding hydrogens is 249 g/mol. The molecule has 1 fully saturated rings. The number of hydrogen-bond donors (Lipinski definition) is 0. The molecule has 5 heteroatoms. The zero-order valence-electron chi connectivity index (χ0n) is 10.8. The number of ether oxygens (including phenoxy) is 2. The van der Waals surface area contributed by atoms with E-state index in [-0.39, 0.29) is 12.4 Å². The van der Waals surface area contributed by atoms with Gasteiger partial charge in [-0.2, -0.15) is 0 Å². The van der Waals surface area contributed by atoms with Gasteiger partial charge in [0.15, 0.2) is 18.2 Å². The topological polar surface area (TPSA) is 38.8 Å². The summed E-state index contributed by atoms with van der Waals surface area (Å²) < 4.78 is 23.3. The third kappa shape index (κ3) is 4.52. The van der Waals surface area contributed by atoms with Crippen LogP contribution in [0.25, 0.3) is 0 Å². The number of esters is 1. The Morgan fingerprint density at radius 3 is 2.74 bits per heavy atom. The molecule has 4 nitrogen and oxygen atoms in total. The molecule has 1 aliphatic heterocycles. The lowest BCUT2D eigenvalue weighted by Crippen LogP contribution is -2.26. The lowest BCUT2D eigenvalue weighted by Gasteiger charge is -2.14. The number of carbonyl (C=O) groups excluding carboxylic acids is 1. The Balaban J connectivity index is 1.63. The summed E-state index contributed by atoms with van der Waals surface area (Å²) in [6.07, 6.45) is 2.43. The summed E-state index contributed by atoms with van der Waals surface area (Å²) in [5.41, 5.74) is 0.